The van der Waals surface area contributed by atoms with Crippen LogP contribution in [0.15, 0.2) is 30.3 Å². The topological polar surface area (TPSA) is 12.0 Å². The summed E-state index contributed by atoms with van der Waals surface area (Å²) < 4.78 is 0. The van der Waals surface area contributed by atoms with Gasteiger partial charge in [-0.05, 0) is 24.4 Å². The van der Waals surface area contributed by atoms with E-state index in [4.69, 9.17) is 0 Å². The van der Waals surface area contributed by atoms with E-state index >= 15 is 0 Å². The Labute approximate surface area is 123 Å². The van der Waals surface area contributed by atoms with Gasteiger partial charge in [-0.15, -0.1) is 0 Å². The second kappa shape index (κ2) is 8.65. The maximum atomic E-state index is 3.67. The van der Waals surface area contributed by atoms with Gasteiger partial charge < -0.3 is 5.32 Å². The Morgan fingerprint density at radius 1 is 1.05 bits per heavy atom. The van der Waals surface area contributed by atoms with Crippen LogP contribution in [0.5, 0.6) is 0 Å². The van der Waals surface area contributed by atoms with Crippen molar-refractivity contribution in [1.82, 2.24) is 5.32 Å². The minimum atomic E-state index is 0.461. The molecular formula is C17H29NS. The highest BCUT2D eigenvalue weighted by molar-refractivity contribution is 8.00. The molecule has 19 heavy (non-hydrogen) atoms. The SMILES string of the molecule is CCNC(c1ccccc1)C(CC)SC(C)C(C)C. The lowest BCUT2D eigenvalue weighted by molar-refractivity contribution is 0.517. The monoisotopic (exact) mass is 279 g/mol. The average molecular weight is 279 g/mol. The zero-order valence-electron chi connectivity index (χ0n) is 13.0. The van der Waals surface area contributed by atoms with Gasteiger partial charge in [-0.25, -0.2) is 0 Å². The zero-order chi connectivity index (χ0) is 14.3. The number of thioether (sulfide) groups is 1. The van der Waals surface area contributed by atoms with E-state index in [9.17, 15) is 0 Å². The molecule has 0 aromatic heterocycles. The van der Waals surface area contributed by atoms with Crippen LogP contribution in [-0.4, -0.2) is 17.0 Å². The van der Waals surface area contributed by atoms with Crippen molar-refractivity contribution in [2.45, 2.75) is 57.6 Å². The molecular weight excluding hydrogens is 250 g/mol. The highest BCUT2D eigenvalue weighted by Gasteiger charge is 2.24. The fourth-order valence-electron chi connectivity index (χ4n) is 2.19. The van der Waals surface area contributed by atoms with Crippen molar-refractivity contribution in [3.8, 4) is 0 Å². The van der Waals surface area contributed by atoms with E-state index in [1.807, 2.05) is 0 Å². The molecule has 0 aliphatic carbocycles. The molecule has 1 N–H and O–H groups in total. The van der Waals surface area contributed by atoms with E-state index in [-0.39, 0.29) is 0 Å². The van der Waals surface area contributed by atoms with Gasteiger partial charge in [0, 0.05) is 16.5 Å². The molecule has 0 aliphatic rings. The van der Waals surface area contributed by atoms with Crippen LogP contribution in [0.25, 0.3) is 0 Å². The third-order valence-corrected chi connectivity index (χ3v) is 5.61. The summed E-state index contributed by atoms with van der Waals surface area (Å²) in [5.41, 5.74) is 1.42. The van der Waals surface area contributed by atoms with Gasteiger partial charge in [0.1, 0.15) is 0 Å². The molecule has 1 nitrogen and oxygen atoms in total. The fourth-order valence-corrected chi connectivity index (χ4v) is 3.66. The molecule has 1 aromatic carbocycles. The van der Waals surface area contributed by atoms with Crippen LogP contribution in [0.3, 0.4) is 0 Å². The third kappa shape index (κ3) is 5.19. The molecule has 0 amide bonds. The fraction of sp³-hybridized carbons (Fsp3) is 0.647. The molecule has 0 radical (unpaired) electrons. The Hall–Kier alpha value is -0.470. The van der Waals surface area contributed by atoms with Crippen LogP contribution in [0.2, 0.25) is 0 Å². The first-order chi connectivity index (χ1) is 9.10. The van der Waals surface area contributed by atoms with E-state index in [1.54, 1.807) is 0 Å². The van der Waals surface area contributed by atoms with Gasteiger partial charge in [-0.3, -0.25) is 0 Å². The maximum absolute atomic E-state index is 3.67. The van der Waals surface area contributed by atoms with Gasteiger partial charge in [0.25, 0.3) is 0 Å². The summed E-state index contributed by atoms with van der Waals surface area (Å²) >= 11 is 2.13. The molecule has 1 rings (SSSR count). The average Bonchev–Trinajstić information content (AvgIpc) is 2.43. The lowest BCUT2D eigenvalue weighted by Crippen LogP contribution is -2.31. The highest BCUT2D eigenvalue weighted by Crippen LogP contribution is 2.34. The molecule has 0 aliphatic heterocycles. The van der Waals surface area contributed by atoms with Crippen molar-refractivity contribution in [3.63, 3.8) is 0 Å². The summed E-state index contributed by atoms with van der Waals surface area (Å²) in [5.74, 6) is 0.733. The molecule has 0 fully saturated rings. The van der Waals surface area contributed by atoms with Crippen LogP contribution in [0, 0.1) is 5.92 Å². The second-order valence-electron chi connectivity index (χ2n) is 5.48. The molecule has 0 spiro atoms. The number of benzene rings is 1. The second-order valence-corrected chi connectivity index (χ2v) is 7.10. The van der Waals surface area contributed by atoms with E-state index in [2.05, 4.69) is 82.0 Å². The smallest absolute Gasteiger partial charge is 0.0440 e. The molecule has 1 aromatic rings. The van der Waals surface area contributed by atoms with Crippen molar-refractivity contribution < 1.29 is 0 Å². The van der Waals surface area contributed by atoms with Crippen LogP contribution in [-0.2, 0) is 0 Å². The molecule has 0 saturated carbocycles. The summed E-state index contributed by atoms with van der Waals surface area (Å²) in [6.07, 6.45) is 1.20. The zero-order valence-corrected chi connectivity index (χ0v) is 13.8. The normalized spacial score (nSPS) is 16.3. The van der Waals surface area contributed by atoms with Crippen molar-refractivity contribution in [2.75, 3.05) is 6.54 Å². The summed E-state index contributed by atoms with van der Waals surface area (Å²) in [5, 5.41) is 5.02. The predicted octanol–water partition coefficient (Wildman–Crippen LogP) is 4.89. The molecule has 0 bridgehead atoms. The molecule has 0 saturated heterocycles. The third-order valence-electron chi connectivity index (χ3n) is 3.69. The van der Waals surface area contributed by atoms with Gasteiger partial charge in [-0.1, -0.05) is 65.0 Å². The van der Waals surface area contributed by atoms with Gasteiger partial charge in [0.15, 0.2) is 0 Å². The first-order valence-electron chi connectivity index (χ1n) is 7.53. The Kier molecular flexibility index (Phi) is 7.55. The molecule has 108 valence electrons. The van der Waals surface area contributed by atoms with E-state index in [0.717, 1.165) is 12.5 Å². The van der Waals surface area contributed by atoms with Gasteiger partial charge in [0.2, 0.25) is 0 Å². The van der Waals surface area contributed by atoms with Gasteiger partial charge in [0.05, 0.1) is 0 Å². The van der Waals surface area contributed by atoms with Crippen molar-refractivity contribution in [2.24, 2.45) is 5.92 Å². The van der Waals surface area contributed by atoms with Crippen LogP contribution in [0.1, 0.15) is 52.6 Å². The number of hydrogen-bond acceptors (Lipinski definition) is 2. The van der Waals surface area contributed by atoms with Crippen molar-refractivity contribution in [3.05, 3.63) is 35.9 Å². The van der Waals surface area contributed by atoms with Crippen molar-refractivity contribution in [1.29, 1.82) is 0 Å². The molecule has 3 unspecified atom stereocenters. The lowest BCUT2D eigenvalue weighted by Gasteiger charge is -2.30. The first kappa shape index (κ1) is 16.6. The Morgan fingerprint density at radius 2 is 1.68 bits per heavy atom. The van der Waals surface area contributed by atoms with E-state index < -0.39 is 0 Å². The Balaban J connectivity index is 2.83. The number of hydrogen-bond donors (Lipinski definition) is 1. The minimum Gasteiger partial charge on any atom is -0.309 e. The van der Waals surface area contributed by atoms with E-state index in [1.165, 1.54) is 12.0 Å². The minimum absolute atomic E-state index is 0.461. The quantitative estimate of drug-likeness (QED) is 0.727. The van der Waals surface area contributed by atoms with Gasteiger partial charge >= 0.3 is 0 Å². The molecule has 3 atom stereocenters. The first-order valence-corrected chi connectivity index (χ1v) is 8.48. The summed E-state index contributed by atoms with van der Waals surface area (Å²) in [7, 11) is 0. The van der Waals surface area contributed by atoms with Gasteiger partial charge in [-0.2, -0.15) is 11.8 Å². The Morgan fingerprint density at radius 3 is 2.16 bits per heavy atom. The largest absolute Gasteiger partial charge is 0.309 e. The summed E-state index contributed by atoms with van der Waals surface area (Å²) in [4.78, 5) is 0. The van der Waals surface area contributed by atoms with E-state index in [0.29, 0.717) is 16.5 Å². The lowest BCUT2D eigenvalue weighted by atomic mass is 10.0. The highest BCUT2D eigenvalue weighted by atomic mass is 32.2. The van der Waals surface area contributed by atoms with Crippen LogP contribution < -0.4 is 5.32 Å². The molecule has 2 heteroatoms. The van der Waals surface area contributed by atoms with Crippen molar-refractivity contribution >= 4 is 11.8 Å². The van der Waals surface area contributed by atoms with Crippen LogP contribution >= 0.6 is 11.8 Å². The number of rotatable bonds is 8. The summed E-state index contributed by atoms with van der Waals surface area (Å²) in [6, 6.07) is 11.3. The standard InChI is InChI=1S/C17H29NS/c1-6-16(19-14(5)13(3)4)17(18-7-2)15-11-9-8-10-12-15/h8-14,16-18H,6-7H2,1-5H3. The Bertz CT molecular complexity index is 336. The van der Waals surface area contributed by atoms with Crippen LogP contribution in [0.4, 0.5) is 0 Å². The maximum Gasteiger partial charge on any atom is 0.0440 e. The number of nitrogens with one attached hydrogen (secondary N) is 1. The predicted molar refractivity (Wildman–Crippen MR) is 88.8 cm³/mol. The molecule has 0 heterocycles. The summed E-state index contributed by atoms with van der Waals surface area (Å²) in [6.45, 7) is 12.5.